The number of nitriles is 1. The van der Waals surface area contributed by atoms with Gasteiger partial charge in [-0.15, -0.1) is 0 Å². The van der Waals surface area contributed by atoms with E-state index < -0.39 is 0 Å². The van der Waals surface area contributed by atoms with Gasteiger partial charge in [-0.25, -0.2) is 24.3 Å². The van der Waals surface area contributed by atoms with E-state index in [-0.39, 0.29) is 11.9 Å². The first-order valence-corrected chi connectivity index (χ1v) is 15.6. The summed E-state index contributed by atoms with van der Waals surface area (Å²) in [4.78, 5) is 37.2. The van der Waals surface area contributed by atoms with Crippen molar-refractivity contribution in [3.63, 3.8) is 0 Å². The van der Waals surface area contributed by atoms with Crippen molar-refractivity contribution in [2.24, 2.45) is 5.18 Å². The van der Waals surface area contributed by atoms with Crippen LogP contribution in [-0.4, -0.2) is 63.6 Å². The largest absolute Gasteiger partial charge is 0.352 e. The molecule has 44 heavy (non-hydrogen) atoms. The van der Waals surface area contributed by atoms with Gasteiger partial charge >= 0.3 is 0 Å². The van der Waals surface area contributed by atoms with Crippen molar-refractivity contribution in [3.8, 4) is 28.6 Å². The van der Waals surface area contributed by atoms with Crippen LogP contribution in [0.25, 0.3) is 33.9 Å². The number of anilines is 2. The van der Waals surface area contributed by atoms with Crippen LogP contribution in [-0.2, 0) is 0 Å². The summed E-state index contributed by atoms with van der Waals surface area (Å²) in [6, 6.07) is 12.3. The smallest absolute Gasteiger partial charge is 0.225 e. The number of hydrogen-bond donors (Lipinski definition) is 0. The van der Waals surface area contributed by atoms with Gasteiger partial charge in [0.05, 0.1) is 11.7 Å². The Morgan fingerprint density at radius 3 is 2.43 bits per heavy atom. The average Bonchev–Trinajstić information content (AvgIpc) is 3.50. The summed E-state index contributed by atoms with van der Waals surface area (Å²) in [5.41, 5.74) is 4.00. The number of benzene rings is 1. The molecule has 0 spiro atoms. The number of hydrogen-bond acceptors (Lipinski definition) is 11. The molecule has 3 aromatic heterocycles. The number of piperidine rings is 1. The molecule has 2 aliphatic heterocycles. The summed E-state index contributed by atoms with van der Waals surface area (Å²) < 4.78 is 13.6. The van der Waals surface area contributed by atoms with E-state index in [4.69, 9.17) is 9.97 Å². The molecule has 4 aromatic rings. The van der Waals surface area contributed by atoms with E-state index in [2.05, 4.69) is 62.8 Å². The first kappa shape index (κ1) is 29.3. The summed E-state index contributed by atoms with van der Waals surface area (Å²) in [7, 11) is 0. The second-order valence-electron chi connectivity index (χ2n) is 10.8. The zero-order valence-electron chi connectivity index (χ0n) is 24.9. The lowest BCUT2D eigenvalue weighted by atomic mass is 10.1. The second kappa shape index (κ2) is 12.5. The monoisotopic (exact) mass is 609 g/mol. The number of thiazole rings is 1. The van der Waals surface area contributed by atoms with Gasteiger partial charge in [0.2, 0.25) is 5.95 Å². The maximum atomic E-state index is 13.6. The van der Waals surface area contributed by atoms with E-state index in [1.165, 1.54) is 29.0 Å². The summed E-state index contributed by atoms with van der Waals surface area (Å²) >= 11 is 1.32. The second-order valence-corrected chi connectivity index (χ2v) is 11.8. The van der Waals surface area contributed by atoms with Gasteiger partial charge in [0.1, 0.15) is 33.6 Å². The van der Waals surface area contributed by atoms with Crippen LogP contribution in [0.4, 0.5) is 15.5 Å². The van der Waals surface area contributed by atoms with Crippen LogP contribution in [0.15, 0.2) is 54.0 Å². The molecule has 12 heteroatoms. The standard InChI is InChI=1S/C32H32FN9OS/c1-4-40-19-20(3)25-10-11-26(22-17-35-31(36-18-22)41-14-12-24(39-43)13-15-41)37-29(25)30(40)42(5-2)32-38-28(27(16-34)44-32)21-6-8-23(33)9-7-21/h6-11,17-18,24H,4-5,12-15,19H2,1-3H3. The van der Waals surface area contributed by atoms with Crippen LogP contribution in [0, 0.1) is 22.1 Å². The van der Waals surface area contributed by atoms with Gasteiger partial charge in [-0.2, -0.15) is 10.2 Å². The van der Waals surface area contributed by atoms with E-state index >= 15 is 0 Å². The Bertz CT molecular complexity index is 1840. The molecule has 2 aliphatic rings. The number of nitroso groups, excluding NO2 is 1. The van der Waals surface area contributed by atoms with E-state index in [0.717, 1.165) is 40.7 Å². The SMILES string of the molecule is CCN1CC(C)=c2ccc(-c3cnc(N4CCC(N=O)CC4)nc3)nc2=C1N(CC)c1nc(-c2ccc(F)cc2)c(C#N)s1. The van der Waals surface area contributed by atoms with Crippen LogP contribution in [0.1, 0.15) is 38.5 Å². The highest BCUT2D eigenvalue weighted by Crippen LogP contribution is 2.35. The van der Waals surface area contributed by atoms with Gasteiger partial charge in [-0.05, 0) is 69.5 Å². The third-order valence-corrected chi connectivity index (χ3v) is 9.13. The maximum Gasteiger partial charge on any atom is 0.225 e. The molecule has 0 saturated carbocycles. The molecule has 1 aromatic carbocycles. The van der Waals surface area contributed by atoms with Gasteiger partial charge < -0.3 is 14.7 Å². The zero-order valence-corrected chi connectivity index (χ0v) is 25.7. The maximum absolute atomic E-state index is 13.6. The van der Waals surface area contributed by atoms with E-state index in [1.54, 1.807) is 24.5 Å². The molecule has 0 N–H and O–H groups in total. The number of rotatable bonds is 8. The van der Waals surface area contributed by atoms with Gasteiger partial charge in [0.15, 0.2) is 5.13 Å². The van der Waals surface area contributed by atoms with E-state index in [1.807, 2.05) is 6.07 Å². The van der Waals surface area contributed by atoms with Crippen molar-refractivity contribution in [2.75, 3.05) is 42.5 Å². The van der Waals surface area contributed by atoms with Gasteiger partial charge in [0, 0.05) is 61.5 Å². The highest BCUT2D eigenvalue weighted by atomic mass is 32.1. The molecule has 0 amide bonds. The van der Waals surface area contributed by atoms with Crippen LogP contribution < -0.4 is 20.4 Å². The Morgan fingerprint density at radius 2 is 1.80 bits per heavy atom. The minimum atomic E-state index is -0.337. The molecule has 0 aliphatic carbocycles. The fraction of sp³-hybridized carbons (Fsp3) is 0.344. The normalized spacial score (nSPS) is 15.2. The third kappa shape index (κ3) is 5.51. The molecule has 0 radical (unpaired) electrons. The topological polar surface area (TPSA) is 114 Å². The average molecular weight is 610 g/mol. The van der Waals surface area contributed by atoms with Gasteiger partial charge in [-0.1, -0.05) is 22.6 Å². The minimum absolute atomic E-state index is 0.133. The molecule has 5 heterocycles. The number of halogens is 1. The van der Waals surface area contributed by atoms with Gasteiger partial charge in [0.25, 0.3) is 0 Å². The third-order valence-electron chi connectivity index (χ3n) is 8.14. The fourth-order valence-electron chi connectivity index (χ4n) is 5.76. The molecule has 1 fully saturated rings. The Balaban J connectivity index is 1.42. The van der Waals surface area contributed by atoms with Crippen molar-refractivity contribution in [3.05, 3.63) is 75.0 Å². The number of pyridine rings is 1. The molecule has 0 unspecified atom stereocenters. The lowest BCUT2D eigenvalue weighted by Crippen LogP contribution is -2.49. The molecule has 10 nitrogen and oxygen atoms in total. The molecule has 224 valence electrons. The van der Waals surface area contributed by atoms with Crippen molar-refractivity contribution in [1.82, 2.24) is 24.8 Å². The molecule has 0 atom stereocenters. The fourth-order valence-corrected chi connectivity index (χ4v) is 6.71. The Hall–Kier alpha value is -4.76. The first-order chi connectivity index (χ1) is 21.4. The lowest BCUT2D eigenvalue weighted by Gasteiger charge is -2.35. The van der Waals surface area contributed by atoms with Crippen molar-refractivity contribution in [2.45, 2.75) is 39.7 Å². The van der Waals surface area contributed by atoms with Gasteiger partial charge in [-0.3, -0.25) is 0 Å². The molecular formula is C32H32FN9OS. The van der Waals surface area contributed by atoms with Crippen molar-refractivity contribution < 1.29 is 4.39 Å². The highest BCUT2D eigenvalue weighted by molar-refractivity contribution is 7.16. The highest BCUT2D eigenvalue weighted by Gasteiger charge is 2.27. The summed E-state index contributed by atoms with van der Waals surface area (Å²) in [5.74, 6) is 1.22. The Kier molecular flexibility index (Phi) is 8.30. The molecule has 0 bridgehead atoms. The first-order valence-electron chi connectivity index (χ1n) is 14.7. The Morgan fingerprint density at radius 1 is 1.07 bits per heavy atom. The lowest BCUT2D eigenvalue weighted by molar-refractivity contribution is 0.442. The number of aromatic nitrogens is 4. The van der Waals surface area contributed by atoms with Crippen LogP contribution in [0.3, 0.4) is 0 Å². The minimum Gasteiger partial charge on any atom is -0.352 e. The Labute approximate surface area is 258 Å². The van der Waals surface area contributed by atoms with Crippen LogP contribution in [0.2, 0.25) is 0 Å². The molecular weight excluding hydrogens is 577 g/mol. The predicted molar refractivity (Wildman–Crippen MR) is 171 cm³/mol. The van der Waals surface area contributed by atoms with Crippen molar-refractivity contribution in [1.29, 1.82) is 5.26 Å². The molecule has 6 rings (SSSR count). The summed E-state index contributed by atoms with van der Waals surface area (Å²) in [6.45, 7) is 9.80. The summed E-state index contributed by atoms with van der Waals surface area (Å²) in [6.07, 6.45) is 5.00. The van der Waals surface area contributed by atoms with E-state index in [9.17, 15) is 14.6 Å². The number of nitrogens with zero attached hydrogens (tertiary/aromatic N) is 9. The molecule has 1 saturated heterocycles. The van der Waals surface area contributed by atoms with Crippen LogP contribution >= 0.6 is 11.3 Å². The summed E-state index contributed by atoms with van der Waals surface area (Å²) in [5, 5.41) is 15.7. The van der Waals surface area contributed by atoms with Crippen LogP contribution in [0.5, 0.6) is 0 Å². The predicted octanol–water partition coefficient (Wildman–Crippen LogP) is 4.51. The van der Waals surface area contributed by atoms with E-state index in [0.29, 0.717) is 59.7 Å². The zero-order chi connectivity index (χ0) is 30.8. The number of fused-ring (bicyclic) bond motifs is 1. The quantitative estimate of drug-likeness (QED) is 0.266. The van der Waals surface area contributed by atoms with Crippen molar-refractivity contribution >= 4 is 33.8 Å².